The molecule has 0 aromatic heterocycles. The Labute approximate surface area is 185 Å². The third-order valence-corrected chi connectivity index (χ3v) is 8.97. The smallest absolute Gasteiger partial charge is 0.309 e. The minimum absolute atomic E-state index is 0.0434. The number of rotatable bonds is 8. The summed E-state index contributed by atoms with van der Waals surface area (Å²) in [5.41, 5.74) is -0.0434. The van der Waals surface area contributed by atoms with E-state index in [4.69, 9.17) is 4.74 Å². The average molecular weight is 416 g/mol. The number of carbonyl (C=O) groups is 1. The van der Waals surface area contributed by atoms with Gasteiger partial charge in [-0.15, -0.1) is 0 Å². The molecule has 3 rings (SSSR count). The van der Waals surface area contributed by atoms with E-state index < -0.39 is 0 Å². The maximum atomic E-state index is 12.7. The first kappa shape index (κ1) is 23.6. The molecule has 3 nitrogen and oxygen atoms in total. The van der Waals surface area contributed by atoms with Crippen LogP contribution in [0, 0.1) is 40.4 Å². The van der Waals surface area contributed by atoms with Crippen molar-refractivity contribution in [2.75, 3.05) is 0 Å². The van der Waals surface area contributed by atoms with Crippen molar-refractivity contribution in [2.24, 2.45) is 29.1 Å². The molecule has 0 unspecified atom stereocenters. The van der Waals surface area contributed by atoms with Crippen LogP contribution >= 0.6 is 0 Å². The van der Waals surface area contributed by atoms with E-state index in [1.807, 2.05) is 0 Å². The first-order chi connectivity index (χ1) is 14.6. The van der Waals surface area contributed by atoms with E-state index in [-0.39, 0.29) is 23.4 Å². The number of nitriles is 1. The molecule has 0 aromatic carbocycles. The highest BCUT2D eigenvalue weighted by molar-refractivity contribution is 5.72. The number of nitrogens with zero attached hydrogens (tertiary/aromatic N) is 1. The number of unbranched alkanes of at least 4 members (excludes halogenated alkanes) is 2. The Hall–Kier alpha value is -1.04. The largest absolute Gasteiger partial charge is 0.462 e. The highest BCUT2D eigenvalue weighted by Crippen LogP contribution is 2.46. The zero-order valence-corrected chi connectivity index (χ0v) is 19.7. The summed E-state index contributed by atoms with van der Waals surface area (Å²) in [4.78, 5) is 12.7. The molecular formula is C27H45NO2. The molecule has 0 spiro atoms. The van der Waals surface area contributed by atoms with Crippen LogP contribution < -0.4 is 0 Å². The molecule has 30 heavy (non-hydrogen) atoms. The van der Waals surface area contributed by atoms with Crippen LogP contribution in [0.4, 0.5) is 0 Å². The van der Waals surface area contributed by atoms with Crippen LogP contribution in [0.15, 0.2) is 0 Å². The van der Waals surface area contributed by atoms with Gasteiger partial charge in [0, 0.05) is 0 Å². The Bertz CT molecular complexity index is 556. The van der Waals surface area contributed by atoms with Crippen LogP contribution in [0.25, 0.3) is 0 Å². The van der Waals surface area contributed by atoms with E-state index in [2.05, 4.69) is 19.9 Å². The first-order valence-electron chi connectivity index (χ1n) is 13.2. The Morgan fingerprint density at radius 3 is 2.10 bits per heavy atom. The van der Waals surface area contributed by atoms with E-state index in [1.54, 1.807) is 0 Å². The normalized spacial score (nSPS) is 37.3. The van der Waals surface area contributed by atoms with E-state index >= 15 is 0 Å². The fourth-order valence-corrected chi connectivity index (χ4v) is 6.52. The topological polar surface area (TPSA) is 50.1 Å². The van der Waals surface area contributed by atoms with Crippen molar-refractivity contribution in [3.63, 3.8) is 0 Å². The Morgan fingerprint density at radius 2 is 1.53 bits per heavy atom. The molecular weight excluding hydrogens is 370 g/mol. The van der Waals surface area contributed by atoms with Gasteiger partial charge in [-0.2, -0.15) is 5.26 Å². The number of hydrogen-bond donors (Lipinski definition) is 0. The predicted molar refractivity (Wildman–Crippen MR) is 122 cm³/mol. The third-order valence-electron chi connectivity index (χ3n) is 8.97. The van der Waals surface area contributed by atoms with Crippen molar-refractivity contribution in [2.45, 2.75) is 129 Å². The summed E-state index contributed by atoms with van der Waals surface area (Å²) in [5.74, 6) is 2.69. The van der Waals surface area contributed by atoms with Crippen LogP contribution in [-0.2, 0) is 9.53 Å². The Kier molecular flexibility index (Phi) is 9.09. The summed E-state index contributed by atoms with van der Waals surface area (Å²) in [5, 5.41) is 9.53. The lowest BCUT2D eigenvalue weighted by Gasteiger charge is -2.40. The van der Waals surface area contributed by atoms with E-state index in [9.17, 15) is 10.1 Å². The SMILES string of the molecule is CCCCCC1CCC(C(=O)OC2CCC(C3CCC(C#N)(CC)CC3)CC2)CC1. The van der Waals surface area contributed by atoms with Gasteiger partial charge in [0.05, 0.1) is 17.4 Å². The van der Waals surface area contributed by atoms with Gasteiger partial charge in [-0.05, 0) is 101 Å². The minimum Gasteiger partial charge on any atom is -0.462 e. The quantitative estimate of drug-likeness (QED) is 0.303. The summed E-state index contributed by atoms with van der Waals surface area (Å²) in [7, 11) is 0. The van der Waals surface area contributed by atoms with E-state index in [0.717, 1.165) is 62.7 Å². The lowest BCUT2D eigenvalue weighted by atomic mass is 9.65. The first-order valence-corrected chi connectivity index (χ1v) is 13.2. The van der Waals surface area contributed by atoms with Gasteiger partial charge in [-0.3, -0.25) is 4.79 Å². The molecule has 0 bridgehead atoms. The van der Waals surface area contributed by atoms with Crippen molar-refractivity contribution in [1.82, 2.24) is 0 Å². The van der Waals surface area contributed by atoms with Crippen LogP contribution in [0.5, 0.6) is 0 Å². The van der Waals surface area contributed by atoms with Crippen molar-refractivity contribution < 1.29 is 9.53 Å². The molecule has 0 aromatic rings. The fourth-order valence-electron chi connectivity index (χ4n) is 6.52. The highest BCUT2D eigenvalue weighted by Gasteiger charge is 2.38. The molecule has 170 valence electrons. The molecule has 3 aliphatic rings. The van der Waals surface area contributed by atoms with Gasteiger partial charge in [0.15, 0.2) is 0 Å². The average Bonchev–Trinajstić information content (AvgIpc) is 2.80. The second kappa shape index (κ2) is 11.5. The monoisotopic (exact) mass is 415 g/mol. The molecule has 0 heterocycles. The second-order valence-electron chi connectivity index (χ2n) is 10.8. The van der Waals surface area contributed by atoms with Gasteiger partial charge in [0.2, 0.25) is 0 Å². The molecule has 0 N–H and O–H groups in total. The van der Waals surface area contributed by atoms with Gasteiger partial charge in [0.25, 0.3) is 0 Å². The van der Waals surface area contributed by atoms with Gasteiger partial charge < -0.3 is 4.74 Å². The lowest BCUT2D eigenvalue weighted by Crippen LogP contribution is -2.33. The summed E-state index contributed by atoms with van der Waals surface area (Å²) >= 11 is 0. The van der Waals surface area contributed by atoms with Gasteiger partial charge in [-0.25, -0.2) is 0 Å². The molecule has 0 radical (unpaired) electrons. The van der Waals surface area contributed by atoms with E-state index in [1.165, 1.54) is 64.2 Å². The molecule has 3 heteroatoms. The molecule has 0 saturated heterocycles. The molecule has 0 atom stereocenters. The fraction of sp³-hybridized carbons (Fsp3) is 0.926. The van der Waals surface area contributed by atoms with Crippen molar-refractivity contribution >= 4 is 5.97 Å². The predicted octanol–water partition coefficient (Wildman–Crippen LogP) is 7.59. The number of hydrogen-bond acceptors (Lipinski definition) is 3. The van der Waals surface area contributed by atoms with Crippen molar-refractivity contribution in [3.8, 4) is 6.07 Å². The molecule has 3 fully saturated rings. The maximum Gasteiger partial charge on any atom is 0.309 e. The zero-order valence-electron chi connectivity index (χ0n) is 19.7. The van der Waals surface area contributed by atoms with Gasteiger partial charge >= 0.3 is 5.97 Å². The van der Waals surface area contributed by atoms with E-state index in [0.29, 0.717) is 0 Å². The molecule has 0 amide bonds. The van der Waals surface area contributed by atoms with Gasteiger partial charge in [-0.1, -0.05) is 39.5 Å². The van der Waals surface area contributed by atoms with Crippen molar-refractivity contribution in [3.05, 3.63) is 0 Å². The minimum atomic E-state index is -0.0434. The molecule has 3 aliphatic carbocycles. The summed E-state index contributed by atoms with van der Waals surface area (Å²) in [6.07, 6.45) is 20.2. The number of ether oxygens (including phenoxy) is 1. The molecule has 0 aliphatic heterocycles. The number of carbonyl (C=O) groups excluding carboxylic acids is 1. The number of esters is 1. The Morgan fingerprint density at radius 1 is 0.900 bits per heavy atom. The third kappa shape index (κ3) is 6.24. The van der Waals surface area contributed by atoms with Crippen molar-refractivity contribution in [1.29, 1.82) is 5.26 Å². The standard InChI is InChI=1S/C27H45NO2/c1-3-5-6-7-21-8-10-24(11-9-21)26(29)30-25-14-12-22(13-15-25)23-16-18-27(4-2,20-28)19-17-23/h21-25H,3-19H2,1-2H3. The van der Waals surface area contributed by atoms with Crippen LogP contribution in [0.1, 0.15) is 123 Å². The second-order valence-corrected chi connectivity index (χ2v) is 10.8. The highest BCUT2D eigenvalue weighted by atomic mass is 16.5. The van der Waals surface area contributed by atoms with Crippen LogP contribution in [0.2, 0.25) is 0 Å². The van der Waals surface area contributed by atoms with Crippen LogP contribution in [-0.4, -0.2) is 12.1 Å². The summed E-state index contributed by atoms with van der Waals surface area (Å²) in [6, 6.07) is 2.61. The Balaban J connectivity index is 1.33. The summed E-state index contributed by atoms with van der Waals surface area (Å²) in [6.45, 7) is 4.43. The van der Waals surface area contributed by atoms with Gasteiger partial charge in [0.1, 0.15) is 6.10 Å². The maximum absolute atomic E-state index is 12.7. The summed E-state index contributed by atoms with van der Waals surface area (Å²) < 4.78 is 5.99. The lowest BCUT2D eigenvalue weighted by molar-refractivity contribution is -0.157. The molecule has 3 saturated carbocycles. The zero-order chi connectivity index (χ0) is 21.4. The van der Waals surface area contributed by atoms with Crippen LogP contribution in [0.3, 0.4) is 0 Å².